The second-order valence-electron chi connectivity index (χ2n) is 4.01. The standard InChI is InChI=1S/C12H8ClF3N2O2/c13-8-3-1-2-7(4-8)6-18-10(12(14,15)16)5-9(17-18)11(19)20/h1-5H,6H2,(H,19,20). The number of carboxylic acid groups (broad SMARTS) is 1. The van der Waals surface area contributed by atoms with Crippen molar-refractivity contribution in [3.63, 3.8) is 0 Å². The molecule has 1 aromatic heterocycles. The van der Waals surface area contributed by atoms with Crippen molar-refractivity contribution in [3.8, 4) is 0 Å². The third-order valence-electron chi connectivity index (χ3n) is 2.51. The number of carboxylic acids is 1. The van der Waals surface area contributed by atoms with Crippen LogP contribution in [0.4, 0.5) is 13.2 Å². The summed E-state index contributed by atoms with van der Waals surface area (Å²) < 4.78 is 39.1. The van der Waals surface area contributed by atoms with E-state index in [0.717, 1.165) is 0 Å². The topological polar surface area (TPSA) is 55.1 Å². The molecular weight excluding hydrogens is 297 g/mol. The van der Waals surface area contributed by atoms with E-state index in [9.17, 15) is 18.0 Å². The van der Waals surface area contributed by atoms with Gasteiger partial charge in [0.15, 0.2) is 5.69 Å². The van der Waals surface area contributed by atoms with Crippen LogP contribution >= 0.6 is 11.6 Å². The summed E-state index contributed by atoms with van der Waals surface area (Å²) in [7, 11) is 0. The molecule has 0 atom stereocenters. The molecule has 0 aliphatic rings. The second-order valence-corrected chi connectivity index (χ2v) is 4.44. The molecule has 0 radical (unpaired) electrons. The van der Waals surface area contributed by atoms with Crippen molar-refractivity contribution in [3.05, 3.63) is 52.3 Å². The van der Waals surface area contributed by atoms with Crippen molar-refractivity contribution >= 4 is 17.6 Å². The molecule has 0 fully saturated rings. The van der Waals surface area contributed by atoms with Crippen molar-refractivity contribution in [2.24, 2.45) is 0 Å². The molecule has 2 rings (SSSR count). The first kappa shape index (κ1) is 14.4. The zero-order valence-electron chi connectivity index (χ0n) is 9.86. The zero-order valence-corrected chi connectivity index (χ0v) is 10.6. The smallest absolute Gasteiger partial charge is 0.433 e. The Morgan fingerprint density at radius 2 is 2.05 bits per heavy atom. The first-order valence-corrected chi connectivity index (χ1v) is 5.78. The predicted octanol–water partition coefficient (Wildman–Crippen LogP) is 3.30. The number of benzene rings is 1. The number of carbonyl (C=O) groups is 1. The fourth-order valence-corrected chi connectivity index (χ4v) is 1.89. The number of aromatic carboxylic acids is 1. The van der Waals surface area contributed by atoms with Gasteiger partial charge in [0.25, 0.3) is 0 Å². The molecule has 0 unspecified atom stereocenters. The van der Waals surface area contributed by atoms with Crippen molar-refractivity contribution in [2.45, 2.75) is 12.7 Å². The van der Waals surface area contributed by atoms with E-state index in [1.165, 1.54) is 6.07 Å². The Morgan fingerprint density at radius 3 is 2.60 bits per heavy atom. The Labute approximate surface area is 116 Å². The van der Waals surface area contributed by atoms with Crippen LogP contribution < -0.4 is 0 Å². The lowest BCUT2D eigenvalue weighted by Gasteiger charge is -2.10. The van der Waals surface area contributed by atoms with Gasteiger partial charge in [-0.2, -0.15) is 18.3 Å². The summed E-state index contributed by atoms with van der Waals surface area (Å²) in [5, 5.41) is 12.6. The SMILES string of the molecule is O=C(O)c1cc(C(F)(F)F)n(Cc2cccc(Cl)c2)n1. The molecule has 0 amide bonds. The highest BCUT2D eigenvalue weighted by atomic mass is 35.5. The van der Waals surface area contributed by atoms with Crippen LogP contribution in [0.1, 0.15) is 21.7 Å². The molecule has 0 saturated carbocycles. The highest BCUT2D eigenvalue weighted by Gasteiger charge is 2.36. The molecule has 1 heterocycles. The summed E-state index contributed by atoms with van der Waals surface area (Å²) in [5.74, 6) is -1.51. The minimum absolute atomic E-state index is 0.220. The van der Waals surface area contributed by atoms with Gasteiger partial charge in [0.05, 0.1) is 6.54 Å². The quantitative estimate of drug-likeness (QED) is 0.946. The molecule has 0 bridgehead atoms. The summed E-state index contributed by atoms with van der Waals surface area (Å²) in [6.07, 6.45) is -4.68. The molecular formula is C12H8ClF3N2O2. The largest absolute Gasteiger partial charge is 0.476 e. The Hall–Kier alpha value is -2.02. The van der Waals surface area contributed by atoms with Crippen LogP contribution in [0, 0.1) is 0 Å². The molecule has 20 heavy (non-hydrogen) atoms. The van der Waals surface area contributed by atoms with Crippen LogP contribution in [-0.2, 0) is 12.7 Å². The molecule has 0 saturated heterocycles. The minimum atomic E-state index is -4.68. The maximum absolute atomic E-state index is 12.8. The number of hydrogen-bond donors (Lipinski definition) is 1. The number of halogens is 4. The lowest BCUT2D eigenvalue weighted by atomic mass is 10.2. The van der Waals surface area contributed by atoms with Gasteiger partial charge in [0.2, 0.25) is 0 Å². The summed E-state index contributed by atoms with van der Waals surface area (Å²) in [5.41, 5.74) is -1.28. The van der Waals surface area contributed by atoms with E-state index in [1.807, 2.05) is 0 Å². The number of nitrogens with zero attached hydrogens (tertiary/aromatic N) is 2. The number of aromatic nitrogens is 2. The first-order chi connectivity index (χ1) is 9.27. The van der Waals surface area contributed by atoms with E-state index in [4.69, 9.17) is 16.7 Å². The zero-order chi connectivity index (χ0) is 14.9. The van der Waals surface area contributed by atoms with E-state index >= 15 is 0 Å². The monoisotopic (exact) mass is 304 g/mol. The van der Waals surface area contributed by atoms with Gasteiger partial charge in [-0.1, -0.05) is 23.7 Å². The second kappa shape index (κ2) is 5.16. The summed E-state index contributed by atoms with van der Waals surface area (Å²) in [6.45, 7) is -0.220. The van der Waals surface area contributed by atoms with Crippen molar-refractivity contribution in [1.82, 2.24) is 9.78 Å². The Bertz CT molecular complexity index is 652. The number of rotatable bonds is 3. The van der Waals surface area contributed by atoms with E-state index in [-0.39, 0.29) is 6.54 Å². The van der Waals surface area contributed by atoms with Crippen LogP contribution in [0.15, 0.2) is 30.3 Å². The lowest BCUT2D eigenvalue weighted by molar-refractivity contribution is -0.144. The molecule has 106 valence electrons. The highest BCUT2D eigenvalue weighted by Crippen LogP contribution is 2.30. The lowest BCUT2D eigenvalue weighted by Crippen LogP contribution is -2.15. The third kappa shape index (κ3) is 3.11. The van der Waals surface area contributed by atoms with Gasteiger partial charge >= 0.3 is 12.1 Å². The Morgan fingerprint density at radius 1 is 1.35 bits per heavy atom. The fraction of sp³-hybridized carbons (Fsp3) is 0.167. The maximum Gasteiger partial charge on any atom is 0.433 e. The molecule has 8 heteroatoms. The number of hydrogen-bond acceptors (Lipinski definition) is 2. The highest BCUT2D eigenvalue weighted by molar-refractivity contribution is 6.30. The summed E-state index contributed by atoms with van der Waals surface area (Å²) >= 11 is 5.75. The van der Waals surface area contributed by atoms with E-state index < -0.39 is 23.5 Å². The van der Waals surface area contributed by atoms with Crippen LogP contribution in [0.2, 0.25) is 5.02 Å². The van der Waals surface area contributed by atoms with E-state index in [2.05, 4.69) is 5.10 Å². The average molecular weight is 305 g/mol. The van der Waals surface area contributed by atoms with Crippen LogP contribution in [0.25, 0.3) is 0 Å². The maximum atomic E-state index is 12.8. The van der Waals surface area contributed by atoms with E-state index in [1.54, 1.807) is 18.2 Å². The van der Waals surface area contributed by atoms with Gasteiger partial charge in [-0.15, -0.1) is 0 Å². The third-order valence-corrected chi connectivity index (χ3v) is 2.75. The molecule has 0 aliphatic heterocycles. The predicted molar refractivity (Wildman–Crippen MR) is 64.7 cm³/mol. The van der Waals surface area contributed by atoms with Gasteiger partial charge in [0, 0.05) is 11.1 Å². The molecule has 1 aromatic carbocycles. The minimum Gasteiger partial charge on any atom is -0.476 e. The Kier molecular flexibility index (Phi) is 3.71. The Balaban J connectivity index is 2.42. The molecule has 1 N–H and O–H groups in total. The van der Waals surface area contributed by atoms with Gasteiger partial charge in [-0.25, -0.2) is 4.79 Å². The van der Waals surface area contributed by atoms with Crippen molar-refractivity contribution in [1.29, 1.82) is 0 Å². The molecule has 4 nitrogen and oxygen atoms in total. The van der Waals surface area contributed by atoms with Crippen molar-refractivity contribution in [2.75, 3.05) is 0 Å². The summed E-state index contributed by atoms with van der Waals surface area (Å²) in [4.78, 5) is 10.7. The van der Waals surface area contributed by atoms with Gasteiger partial charge in [-0.05, 0) is 17.7 Å². The first-order valence-electron chi connectivity index (χ1n) is 5.40. The summed E-state index contributed by atoms with van der Waals surface area (Å²) in [6, 6.07) is 6.75. The van der Waals surface area contributed by atoms with Crippen LogP contribution in [0.3, 0.4) is 0 Å². The molecule has 0 spiro atoms. The average Bonchev–Trinajstić information content (AvgIpc) is 2.73. The van der Waals surface area contributed by atoms with Gasteiger partial charge < -0.3 is 5.11 Å². The van der Waals surface area contributed by atoms with Crippen LogP contribution in [-0.4, -0.2) is 20.9 Å². The fourth-order valence-electron chi connectivity index (χ4n) is 1.68. The normalized spacial score (nSPS) is 11.6. The van der Waals surface area contributed by atoms with Crippen LogP contribution in [0.5, 0.6) is 0 Å². The molecule has 0 aliphatic carbocycles. The van der Waals surface area contributed by atoms with Gasteiger partial charge in [0.1, 0.15) is 5.69 Å². The molecule has 2 aromatic rings. The van der Waals surface area contributed by atoms with Gasteiger partial charge in [-0.3, -0.25) is 4.68 Å². The van der Waals surface area contributed by atoms with Crippen molar-refractivity contribution < 1.29 is 23.1 Å². The number of alkyl halides is 3. The van der Waals surface area contributed by atoms with E-state index in [0.29, 0.717) is 21.3 Å².